The normalized spacial score (nSPS) is 19.6. The third kappa shape index (κ3) is 5.24. The zero-order chi connectivity index (χ0) is 28.7. The quantitative estimate of drug-likeness (QED) is 0.311. The number of anilines is 3. The molecule has 9 nitrogen and oxygen atoms in total. The van der Waals surface area contributed by atoms with Crippen LogP contribution in [0.2, 0.25) is 0 Å². The number of sulfonamides is 1. The predicted molar refractivity (Wildman–Crippen MR) is 168 cm³/mol. The molecule has 1 aliphatic carbocycles. The van der Waals surface area contributed by atoms with Crippen LogP contribution in [0.25, 0.3) is 22.0 Å². The van der Waals surface area contributed by atoms with Gasteiger partial charge in [0.15, 0.2) is 0 Å². The van der Waals surface area contributed by atoms with Gasteiger partial charge in [-0.1, -0.05) is 12.1 Å². The third-order valence-electron chi connectivity index (χ3n) is 8.69. The second-order valence-corrected chi connectivity index (χ2v) is 13.5. The number of nitrogens with one attached hydrogen (secondary N) is 2. The SMILES string of the molecule is N[C@@H]1CCN(c2c3c(nc4ccc(-c5ccnc(Nc6cccc(S(=O)(=O)N7CCNCC7)c6)c5)cc24)CCCC3)C1. The highest BCUT2D eigenvalue weighted by Crippen LogP contribution is 2.39. The number of hydrogen-bond donors (Lipinski definition) is 3. The van der Waals surface area contributed by atoms with Gasteiger partial charge in [0.05, 0.1) is 16.1 Å². The number of aryl methyl sites for hydroxylation is 1. The van der Waals surface area contributed by atoms with Crippen LogP contribution in [0.5, 0.6) is 0 Å². The number of aromatic nitrogens is 2. The van der Waals surface area contributed by atoms with Gasteiger partial charge in [0.1, 0.15) is 5.82 Å². The van der Waals surface area contributed by atoms with Gasteiger partial charge >= 0.3 is 0 Å². The van der Waals surface area contributed by atoms with Crippen LogP contribution in [0.1, 0.15) is 30.5 Å². The Kier molecular flexibility index (Phi) is 7.31. The van der Waals surface area contributed by atoms with Crippen LogP contribution in [0.15, 0.2) is 65.7 Å². The molecule has 2 fully saturated rings. The predicted octanol–water partition coefficient (Wildman–Crippen LogP) is 4.05. The molecule has 0 spiro atoms. The fourth-order valence-corrected chi connectivity index (χ4v) is 8.01. The van der Waals surface area contributed by atoms with Gasteiger partial charge in [-0.15, -0.1) is 0 Å². The zero-order valence-corrected chi connectivity index (χ0v) is 24.5. The maximum absolute atomic E-state index is 13.2. The van der Waals surface area contributed by atoms with Crippen LogP contribution in [-0.4, -0.2) is 68.0 Å². The summed E-state index contributed by atoms with van der Waals surface area (Å²) < 4.78 is 28.0. The van der Waals surface area contributed by atoms with Crippen molar-refractivity contribution in [2.45, 2.75) is 43.0 Å². The summed E-state index contributed by atoms with van der Waals surface area (Å²) in [6.45, 7) is 4.12. The number of pyridine rings is 2. The highest BCUT2D eigenvalue weighted by molar-refractivity contribution is 7.89. The third-order valence-corrected chi connectivity index (χ3v) is 10.6. The summed E-state index contributed by atoms with van der Waals surface area (Å²) in [6, 6.07) is 17.7. The number of nitrogens with zero attached hydrogens (tertiary/aromatic N) is 4. The van der Waals surface area contributed by atoms with E-state index in [4.69, 9.17) is 10.7 Å². The van der Waals surface area contributed by atoms with E-state index in [2.05, 4.69) is 38.7 Å². The van der Waals surface area contributed by atoms with E-state index in [9.17, 15) is 8.42 Å². The lowest BCUT2D eigenvalue weighted by molar-refractivity contribution is 0.360. The molecular weight excluding hydrogens is 546 g/mol. The largest absolute Gasteiger partial charge is 0.369 e. The minimum atomic E-state index is -3.56. The molecule has 3 aliphatic rings. The molecule has 0 bridgehead atoms. The molecule has 7 rings (SSSR count). The molecule has 1 atom stereocenters. The molecule has 2 aliphatic heterocycles. The smallest absolute Gasteiger partial charge is 0.243 e. The van der Waals surface area contributed by atoms with Crippen molar-refractivity contribution in [2.75, 3.05) is 49.5 Å². The maximum Gasteiger partial charge on any atom is 0.243 e. The molecule has 2 aromatic heterocycles. The first kappa shape index (κ1) is 27.3. The van der Waals surface area contributed by atoms with Gasteiger partial charge in [-0.05, 0) is 91.3 Å². The first-order valence-corrected chi connectivity index (χ1v) is 16.4. The van der Waals surface area contributed by atoms with Crippen LogP contribution in [0.4, 0.5) is 17.2 Å². The first-order chi connectivity index (χ1) is 20.5. The first-order valence-electron chi connectivity index (χ1n) is 15.0. The Hall–Kier alpha value is -3.57. The molecule has 42 heavy (non-hydrogen) atoms. The fourth-order valence-electron chi connectivity index (χ4n) is 6.52. The van der Waals surface area contributed by atoms with E-state index in [1.807, 2.05) is 18.2 Å². The van der Waals surface area contributed by atoms with Gasteiger partial charge < -0.3 is 21.3 Å². The summed E-state index contributed by atoms with van der Waals surface area (Å²) in [5.41, 5.74) is 14.1. The summed E-state index contributed by atoms with van der Waals surface area (Å²) in [4.78, 5) is 12.4. The van der Waals surface area contributed by atoms with Crippen molar-refractivity contribution in [2.24, 2.45) is 5.73 Å². The van der Waals surface area contributed by atoms with E-state index < -0.39 is 10.0 Å². The van der Waals surface area contributed by atoms with Crippen LogP contribution < -0.4 is 21.3 Å². The summed E-state index contributed by atoms with van der Waals surface area (Å²) >= 11 is 0. The number of rotatable bonds is 6. The van der Waals surface area contributed by atoms with Crippen LogP contribution in [0, 0.1) is 0 Å². The second kappa shape index (κ2) is 11.3. The van der Waals surface area contributed by atoms with Crippen LogP contribution in [-0.2, 0) is 22.9 Å². The standard InChI is InChI=1S/C32H37N7O2S/c33-24-11-15-38(21-24)32-27-6-1-2-7-29(27)37-30-9-8-22(18-28(30)32)23-10-12-35-31(19-23)36-25-4-3-5-26(20-25)42(40,41)39-16-13-34-14-17-39/h3-5,8-10,12,18-20,24,34H,1-2,6-7,11,13-17,21,33H2,(H,35,36)/t24-/m1/s1. The van der Waals surface area contributed by atoms with Gasteiger partial charge in [0.25, 0.3) is 0 Å². The Morgan fingerprint density at radius 2 is 1.79 bits per heavy atom. The van der Waals surface area contributed by atoms with Gasteiger partial charge in [-0.3, -0.25) is 4.98 Å². The Labute approximate surface area is 247 Å². The average Bonchev–Trinajstić information content (AvgIpc) is 3.45. The Balaban J connectivity index is 1.21. The van der Waals surface area contributed by atoms with Crippen LogP contribution in [0.3, 0.4) is 0 Å². The molecule has 218 valence electrons. The molecule has 2 saturated heterocycles. The Bertz CT molecular complexity index is 1740. The number of hydrogen-bond acceptors (Lipinski definition) is 8. The lowest BCUT2D eigenvalue weighted by Crippen LogP contribution is -2.46. The van der Waals surface area contributed by atoms with Crippen molar-refractivity contribution in [1.29, 1.82) is 0 Å². The molecule has 4 N–H and O–H groups in total. The van der Waals surface area contributed by atoms with Crippen molar-refractivity contribution in [3.8, 4) is 11.1 Å². The minimum Gasteiger partial charge on any atom is -0.369 e. The topological polar surface area (TPSA) is 116 Å². The zero-order valence-electron chi connectivity index (χ0n) is 23.7. The molecule has 0 saturated carbocycles. The number of piperazine rings is 1. The van der Waals surface area contributed by atoms with Crippen molar-refractivity contribution < 1.29 is 8.42 Å². The van der Waals surface area contributed by atoms with Gasteiger partial charge in [-0.2, -0.15) is 4.31 Å². The lowest BCUT2D eigenvalue weighted by atomic mass is 9.91. The summed E-state index contributed by atoms with van der Waals surface area (Å²) in [5.74, 6) is 0.652. The van der Waals surface area contributed by atoms with E-state index in [0.29, 0.717) is 37.7 Å². The maximum atomic E-state index is 13.2. The monoisotopic (exact) mass is 583 g/mol. The van der Waals surface area contributed by atoms with Crippen molar-refractivity contribution >= 4 is 38.1 Å². The minimum absolute atomic E-state index is 0.204. The van der Waals surface area contributed by atoms with Gasteiger partial charge in [0, 0.05) is 68.3 Å². The van der Waals surface area contributed by atoms with E-state index in [-0.39, 0.29) is 10.9 Å². The van der Waals surface area contributed by atoms with E-state index >= 15 is 0 Å². The summed E-state index contributed by atoms with van der Waals surface area (Å²) in [5, 5.41) is 7.71. The number of benzene rings is 2. The van der Waals surface area contributed by atoms with E-state index in [1.54, 1.807) is 24.4 Å². The summed E-state index contributed by atoms with van der Waals surface area (Å²) in [6.07, 6.45) is 7.29. The fraction of sp³-hybridized carbons (Fsp3) is 0.375. The number of nitrogens with two attached hydrogens (primary N) is 1. The molecule has 0 unspecified atom stereocenters. The van der Waals surface area contributed by atoms with Gasteiger partial charge in [0.2, 0.25) is 10.0 Å². The molecule has 4 heterocycles. The van der Waals surface area contributed by atoms with Gasteiger partial charge in [-0.25, -0.2) is 13.4 Å². The molecule has 0 radical (unpaired) electrons. The van der Waals surface area contributed by atoms with Crippen LogP contribution >= 0.6 is 0 Å². The lowest BCUT2D eigenvalue weighted by Gasteiger charge is -2.28. The number of fused-ring (bicyclic) bond motifs is 2. The van der Waals surface area contributed by atoms with Crippen molar-refractivity contribution in [3.05, 3.63) is 72.1 Å². The highest BCUT2D eigenvalue weighted by Gasteiger charge is 2.28. The Morgan fingerprint density at radius 3 is 2.62 bits per heavy atom. The molecule has 10 heteroatoms. The van der Waals surface area contributed by atoms with Crippen molar-refractivity contribution in [1.82, 2.24) is 19.6 Å². The molecular formula is C32H37N7O2S. The second-order valence-electron chi connectivity index (χ2n) is 11.6. The molecule has 0 amide bonds. The Morgan fingerprint density at radius 1 is 0.952 bits per heavy atom. The summed E-state index contributed by atoms with van der Waals surface area (Å²) in [7, 11) is -3.56. The van der Waals surface area contributed by atoms with E-state index in [1.165, 1.54) is 39.5 Å². The highest BCUT2D eigenvalue weighted by atomic mass is 32.2. The average molecular weight is 584 g/mol. The molecule has 2 aromatic carbocycles. The van der Waals surface area contributed by atoms with E-state index in [0.717, 1.165) is 49.0 Å². The van der Waals surface area contributed by atoms with Crippen molar-refractivity contribution in [3.63, 3.8) is 0 Å². The molecule has 4 aromatic rings.